The molecule has 2 heterocycles. The SMILES string of the molecule is Cc1cc(C(F)(F)F)c2nc(CN3CCNC(C)(C)C3=O)n(CC(=O)NC(C)(C)C)c2c1. The summed E-state index contributed by atoms with van der Waals surface area (Å²) < 4.78 is 42.7. The van der Waals surface area contributed by atoms with Crippen molar-refractivity contribution in [3.8, 4) is 0 Å². The van der Waals surface area contributed by atoms with Crippen molar-refractivity contribution in [2.75, 3.05) is 13.1 Å². The first kappa shape index (κ1) is 24.0. The molecule has 32 heavy (non-hydrogen) atoms. The smallest absolute Gasteiger partial charge is 0.350 e. The highest BCUT2D eigenvalue weighted by atomic mass is 19.4. The van der Waals surface area contributed by atoms with Gasteiger partial charge in [0.05, 0.1) is 23.2 Å². The minimum absolute atomic E-state index is 0.0117. The van der Waals surface area contributed by atoms with E-state index in [0.29, 0.717) is 18.7 Å². The largest absolute Gasteiger partial charge is 0.418 e. The molecule has 3 rings (SSSR count). The van der Waals surface area contributed by atoms with Crippen molar-refractivity contribution in [1.29, 1.82) is 0 Å². The van der Waals surface area contributed by atoms with Crippen molar-refractivity contribution in [3.05, 3.63) is 29.1 Å². The van der Waals surface area contributed by atoms with Crippen molar-refractivity contribution in [2.45, 2.75) is 71.9 Å². The topological polar surface area (TPSA) is 79.3 Å². The number of aromatic nitrogens is 2. The summed E-state index contributed by atoms with van der Waals surface area (Å²) >= 11 is 0. The number of imidazole rings is 1. The van der Waals surface area contributed by atoms with Gasteiger partial charge in [0.15, 0.2) is 0 Å². The van der Waals surface area contributed by atoms with Crippen LogP contribution in [0.1, 0.15) is 51.6 Å². The Labute approximate surface area is 185 Å². The van der Waals surface area contributed by atoms with Crippen LogP contribution in [0.25, 0.3) is 11.0 Å². The highest BCUT2D eigenvalue weighted by molar-refractivity contribution is 5.87. The Bertz CT molecular complexity index is 1050. The zero-order chi connectivity index (χ0) is 24.1. The van der Waals surface area contributed by atoms with E-state index in [1.807, 2.05) is 20.8 Å². The number of amides is 2. The predicted octanol–water partition coefficient (Wildman–Crippen LogP) is 2.99. The maximum atomic E-state index is 13.7. The van der Waals surface area contributed by atoms with Gasteiger partial charge in [-0.3, -0.25) is 9.59 Å². The zero-order valence-electron chi connectivity index (χ0n) is 19.3. The summed E-state index contributed by atoms with van der Waals surface area (Å²) in [6, 6.07) is 2.65. The van der Waals surface area contributed by atoms with Gasteiger partial charge in [0, 0.05) is 18.6 Å². The lowest BCUT2D eigenvalue weighted by molar-refractivity contribution is -0.140. The lowest BCUT2D eigenvalue weighted by atomic mass is 10.0. The van der Waals surface area contributed by atoms with Crippen molar-refractivity contribution in [3.63, 3.8) is 0 Å². The van der Waals surface area contributed by atoms with Gasteiger partial charge in [-0.15, -0.1) is 0 Å². The number of nitrogens with zero attached hydrogens (tertiary/aromatic N) is 3. The Hall–Kier alpha value is -2.62. The van der Waals surface area contributed by atoms with Crippen LogP contribution in [0.15, 0.2) is 12.1 Å². The number of rotatable bonds is 4. The van der Waals surface area contributed by atoms with Gasteiger partial charge in [0.1, 0.15) is 17.9 Å². The molecule has 1 aliphatic heterocycles. The van der Waals surface area contributed by atoms with E-state index in [4.69, 9.17) is 0 Å². The molecule has 0 saturated carbocycles. The summed E-state index contributed by atoms with van der Waals surface area (Å²) in [7, 11) is 0. The third kappa shape index (κ3) is 5.06. The van der Waals surface area contributed by atoms with Crippen LogP contribution in [0.2, 0.25) is 0 Å². The highest BCUT2D eigenvalue weighted by Gasteiger charge is 2.38. The standard InChI is InChI=1S/C22H30F3N5O2/c1-13-9-14(22(23,24)25)18-15(10-13)30(12-17(31)28-20(2,3)4)16(27-18)11-29-8-7-26-21(5,6)19(29)32/h9-10,26H,7-8,11-12H2,1-6H3,(H,28,31). The van der Waals surface area contributed by atoms with Gasteiger partial charge in [0.2, 0.25) is 11.8 Å². The summed E-state index contributed by atoms with van der Waals surface area (Å²) in [5.74, 6) is -0.278. The molecule has 1 aliphatic rings. The summed E-state index contributed by atoms with van der Waals surface area (Å²) in [6.07, 6.45) is -4.60. The molecule has 2 aromatic rings. The average Bonchev–Trinajstić information content (AvgIpc) is 2.93. The van der Waals surface area contributed by atoms with Gasteiger partial charge in [0.25, 0.3) is 0 Å². The number of benzene rings is 1. The molecule has 0 aliphatic carbocycles. The van der Waals surface area contributed by atoms with Crippen LogP contribution in [-0.4, -0.2) is 50.4 Å². The molecule has 10 heteroatoms. The zero-order valence-corrected chi connectivity index (χ0v) is 19.3. The van der Waals surface area contributed by atoms with Crippen molar-refractivity contribution >= 4 is 22.8 Å². The fourth-order valence-corrected chi connectivity index (χ4v) is 3.92. The lowest BCUT2D eigenvalue weighted by Gasteiger charge is -2.38. The minimum atomic E-state index is -4.60. The third-order valence-corrected chi connectivity index (χ3v) is 5.30. The van der Waals surface area contributed by atoms with E-state index in [9.17, 15) is 22.8 Å². The van der Waals surface area contributed by atoms with E-state index < -0.39 is 22.8 Å². The summed E-state index contributed by atoms with van der Waals surface area (Å²) in [6.45, 7) is 11.3. The van der Waals surface area contributed by atoms with E-state index in [1.54, 1.807) is 31.7 Å². The number of halogens is 3. The molecule has 0 spiro atoms. The molecule has 0 unspecified atom stereocenters. The number of carbonyl (C=O) groups is 2. The van der Waals surface area contributed by atoms with E-state index in [1.165, 1.54) is 4.57 Å². The van der Waals surface area contributed by atoms with E-state index >= 15 is 0 Å². The van der Waals surface area contributed by atoms with Crippen LogP contribution in [0.3, 0.4) is 0 Å². The number of fused-ring (bicyclic) bond motifs is 1. The summed E-state index contributed by atoms with van der Waals surface area (Å²) in [5, 5.41) is 5.96. The molecule has 7 nitrogen and oxygen atoms in total. The summed E-state index contributed by atoms with van der Waals surface area (Å²) in [5.41, 5.74) is -1.73. The first-order chi connectivity index (χ1) is 14.6. The quantitative estimate of drug-likeness (QED) is 0.746. The Morgan fingerprint density at radius 2 is 1.91 bits per heavy atom. The minimum Gasteiger partial charge on any atom is -0.350 e. The Morgan fingerprint density at radius 1 is 1.25 bits per heavy atom. The van der Waals surface area contributed by atoms with Gasteiger partial charge in [-0.2, -0.15) is 13.2 Å². The van der Waals surface area contributed by atoms with E-state index in [0.717, 1.165) is 6.07 Å². The molecule has 1 aromatic carbocycles. The van der Waals surface area contributed by atoms with Gasteiger partial charge in [-0.1, -0.05) is 0 Å². The number of nitrogens with one attached hydrogen (secondary N) is 2. The second-order valence-electron chi connectivity index (χ2n) is 9.87. The molecule has 0 bridgehead atoms. The van der Waals surface area contributed by atoms with Crippen LogP contribution in [0.4, 0.5) is 13.2 Å². The molecule has 176 valence electrons. The number of hydrogen-bond acceptors (Lipinski definition) is 4. The normalized spacial score (nSPS) is 17.2. The predicted molar refractivity (Wildman–Crippen MR) is 115 cm³/mol. The van der Waals surface area contributed by atoms with Crippen LogP contribution < -0.4 is 10.6 Å². The number of piperazine rings is 1. The molecule has 1 saturated heterocycles. The maximum Gasteiger partial charge on any atom is 0.418 e. The first-order valence-electron chi connectivity index (χ1n) is 10.5. The summed E-state index contributed by atoms with van der Waals surface area (Å²) in [4.78, 5) is 31.4. The third-order valence-electron chi connectivity index (χ3n) is 5.30. The Morgan fingerprint density at radius 3 is 2.50 bits per heavy atom. The molecule has 2 amide bonds. The molecule has 2 N–H and O–H groups in total. The lowest BCUT2D eigenvalue weighted by Crippen LogP contribution is -2.60. The second kappa shape index (κ2) is 8.06. The number of carbonyl (C=O) groups excluding carboxylic acids is 2. The van der Waals surface area contributed by atoms with Gasteiger partial charge in [-0.05, 0) is 59.2 Å². The highest BCUT2D eigenvalue weighted by Crippen LogP contribution is 2.36. The fourth-order valence-electron chi connectivity index (χ4n) is 3.92. The van der Waals surface area contributed by atoms with Gasteiger partial charge < -0.3 is 20.1 Å². The first-order valence-corrected chi connectivity index (χ1v) is 10.5. The number of hydrogen-bond donors (Lipinski definition) is 2. The Kier molecular flexibility index (Phi) is 6.05. The van der Waals surface area contributed by atoms with Crippen molar-refractivity contribution < 1.29 is 22.8 Å². The molecule has 0 radical (unpaired) electrons. The van der Waals surface area contributed by atoms with Gasteiger partial charge in [-0.25, -0.2) is 4.98 Å². The van der Waals surface area contributed by atoms with Crippen LogP contribution in [0, 0.1) is 6.92 Å². The Balaban J connectivity index is 2.11. The number of alkyl halides is 3. The van der Waals surface area contributed by atoms with Crippen molar-refractivity contribution in [1.82, 2.24) is 25.1 Å². The monoisotopic (exact) mass is 453 g/mol. The van der Waals surface area contributed by atoms with Gasteiger partial charge >= 0.3 is 6.18 Å². The molecular formula is C22H30F3N5O2. The van der Waals surface area contributed by atoms with Crippen LogP contribution in [-0.2, 0) is 28.9 Å². The van der Waals surface area contributed by atoms with E-state index in [2.05, 4.69) is 15.6 Å². The molecule has 1 aromatic heterocycles. The van der Waals surface area contributed by atoms with E-state index in [-0.39, 0.29) is 41.8 Å². The number of aryl methyl sites for hydroxylation is 1. The van der Waals surface area contributed by atoms with Crippen molar-refractivity contribution in [2.24, 2.45) is 0 Å². The molecular weight excluding hydrogens is 423 g/mol. The van der Waals surface area contributed by atoms with Crippen LogP contribution in [0.5, 0.6) is 0 Å². The fraction of sp³-hybridized carbons (Fsp3) is 0.591. The average molecular weight is 454 g/mol. The maximum absolute atomic E-state index is 13.7. The molecule has 1 fully saturated rings. The van der Waals surface area contributed by atoms with Crippen LogP contribution >= 0.6 is 0 Å². The second-order valence-corrected chi connectivity index (χ2v) is 9.87. The molecule has 0 atom stereocenters.